The molecule has 0 aliphatic heterocycles. The van der Waals surface area contributed by atoms with Gasteiger partial charge in [0.25, 0.3) is 5.91 Å². The van der Waals surface area contributed by atoms with Crippen LogP contribution in [-0.4, -0.2) is 30.1 Å². The van der Waals surface area contributed by atoms with Crippen LogP contribution in [0, 0.1) is 20.8 Å². The second-order valence-electron chi connectivity index (χ2n) is 5.21. The van der Waals surface area contributed by atoms with Crippen molar-refractivity contribution in [1.82, 2.24) is 9.88 Å². The predicted molar refractivity (Wildman–Crippen MR) is 84.3 cm³/mol. The number of rotatable bonds is 4. The molecule has 22 heavy (non-hydrogen) atoms. The van der Waals surface area contributed by atoms with Crippen molar-refractivity contribution in [3.8, 4) is 5.69 Å². The third-order valence-corrected chi connectivity index (χ3v) is 3.52. The maximum Gasteiger partial charge on any atom is 0.340 e. The van der Waals surface area contributed by atoms with E-state index in [1.54, 1.807) is 6.07 Å². The number of esters is 1. The van der Waals surface area contributed by atoms with Gasteiger partial charge in [-0.1, -0.05) is 12.1 Å². The minimum atomic E-state index is -0.490. The lowest BCUT2D eigenvalue weighted by molar-refractivity contribution is -0.123. The van der Waals surface area contributed by atoms with E-state index in [0.29, 0.717) is 5.56 Å². The van der Waals surface area contributed by atoms with Crippen LogP contribution < -0.4 is 5.32 Å². The number of aryl methyl sites for hydroxylation is 2. The first-order chi connectivity index (χ1) is 10.4. The first-order valence-corrected chi connectivity index (χ1v) is 7.07. The quantitative estimate of drug-likeness (QED) is 0.881. The summed E-state index contributed by atoms with van der Waals surface area (Å²) in [5.41, 5.74) is 4.36. The Hall–Kier alpha value is -2.56. The molecule has 1 amide bonds. The molecule has 0 radical (unpaired) electrons. The summed E-state index contributed by atoms with van der Waals surface area (Å²) in [6.45, 7) is 5.55. The maximum absolute atomic E-state index is 12.1. The number of aromatic nitrogens is 1. The van der Waals surface area contributed by atoms with Crippen molar-refractivity contribution in [3.63, 3.8) is 0 Å². The summed E-state index contributed by atoms with van der Waals surface area (Å²) in [5, 5.41) is 2.41. The molecular weight excluding hydrogens is 280 g/mol. The highest BCUT2D eigenvalue weighted by molar-refractivity contribution is 5.93. The van der Waals surface area contributed by atoms with Crippen LogP contribution in [0.4, 0.5) is 0 Å². The van der Waals surface area contributed by atoms with Gasteiger partial charge in [-0.25, -0.2) is 4.79 Å². The minimum Gasteiger partial charge on any atom is -0.452 e. The molecule has 0 saturated carbocycles. The molecule has 0 fully saturated rings. The Bertz CT molecular complexity index is 717. The van der Waals surface area contributed by atoms with Crippen LogP contribution >= 0.6 is 0 Å². The maximum atomic E-state index is 12.1. The van der Waals surface area contributed by atoms with Crippen LogP contribution in [0.2, 0.25) is 0 Å². The molecular formula is C17H20N2O3. The number of likely N-dealkylation sites (N-methyl/N-ethyl adjacent to an activating group) is 1. The van der Waals surface area contributed by atoms with Gasteiger partial charge in [0.05, 0.1) is 5.56 Å². The largest absolute Gasteiger partial charge is 0.452 e. The number of hydrogen-bond donors (Lipinski definition) is 1. The standard InChI is InChI=1S/C17H20N2O3/c1-11-6-5-7-14(8-11)19-12(2)9-15(13(19)3)17(21)22-10-16(20)18-4/h5-9H,10H2,1-4H3,(H,18,20). The molecule has 0 unspecified atom stereocenters. The number of benzene rings is 1. The Kier molecular flexibility index (Phi) is 4.65. The molecule has 1 aromatic carbocycles. The van der Waals surface area contributed by atoms with Crippen molar-refractivity contribution < 1.29 is 14.3 Å². The average Bonchev–Trinajstić information content (AvgIpc) is 2.79. The molecule has 1 N–H and O–H groups in total. The van der Waals surface area contributed by atoms with Crippen molar-refractivity contribution in [1.29, 1.82) is 0 Å². The van der Waals surface area contributed by atoms with Crippen molar-refractivity contribution in [2.24, 2.45) is 0 Å². The number of nitrogens with zero attached hydrogens (tertiary/aromatic N) is 1. The predicted octanol–water partition coefficient (Wildman–Crippen LogP) is 2.31. The number of carbonyl (C=O) groups excluding carboxylic acids is 2. The van der Waals surface area contributed by atoms with E-state index < -0.39 is 5.97 Å². The molecule has 2 aromatic rings. The zero-order chi connectivity index (χ0) is 16.3. The van der Waals surface area contributed by atoms with Crippen LogP contribution in [0.25, 0.3) is 5.69 Å². The van der Waals surface area contributed by atoms with Gasteiger partial charge in [-0.05, 0) is 44.5 Å². The number of carbonyl (C=O) groups is 2. The average molecular weight is 300 g/mol. The van der Waals surface area contributed by atoms with E-state index in [4.69, 9.17) is 4.74 Å². The van der Waals surface area contributed by atoms with Gasteiger partial charge in [-0.15, -0.1) is 0 Å². The number of hydrogen-bond acceptors (Lipinski definition) is 3. The Balaban J connectivity index is 2.31. The van der Waals surface area contributed by atoms with Crippen molar-refractivity contribution in [3.05, 3.63) is 52.8 Å². The fourth-order valence-electron chi connectivity index (χ4n) is 2.41. The first kappa shape index (κ1) is 15.8. The SMILES string of the molecule is CNC(=O)COC(=O)c1cc(C)n(-c2cccc(C)c2)c1C. The highest BCUT2D eigenvalue weighted by Crippen LogP contribution is 2.22. The molecule has 0 saturated heterocycles. The lowest BCUT2D eigenvalue weighted by Crippen LogP contribution is -2.25. The Morgan fingerprint density at radius 1 is 1.18 bits per heavy atom. The van der Waals surface area contributed by atoms with E-state index in [9.17, 15) is 9.59 Å². The summed E-state index contributed by atoms with van der Waals surface area (Å²) in [7, 11) is 1.50. The second-order valence-corrected chi connectivity index (χ2v) is 5.21. The molecule has 0 bridgehead atoms. The van der Waals surface area contributed by atoms with Gasteiger partial charge < -0.3 is 14.6 Å². The third-order valence-electron chi connectivity index (χ3n) is 3.52. The van der Waals surface area contributed by atoms with Crippen molar-refractivity contribution >= 4 is 11.9 Å². The summed E-state index contributed by atoms with van der Waals surface area (Å²) in [6, 6.07) is 9.83. The van der Waals surface area contributed by atoms with E-state index in [2.05, 4.69) is 11.4 Å². The lowest BCUT2D eigenvalue weighted by Gasteiger charge is -2.10. The zero-order valence-corrected chi connectivity index (χ0v) is 13.3. The van der Waals surface area contributed by atoms with Crippen molar-refractivity contribution in [2.45, 2.75) is 20.8 Å². The Morgan fingerprint density at radius 3 is 2.55 bits per heavy atom. The monoisotopic (exact) mass is 300 g/mol. The van der Waals surface area contributed by atoms with Gasteiger partial charge in [0.15, 0.2) is 6.61 Å². The van der Waals surface area contributed by atoms with E-state index in [1.807, 2.05) is 43.5 Å². The number of amides is 1. The van der Waals surface area contributed by atoms with Gasteiger partial charge in [0, 0.05) is 24.1 Å². The molecule has 1 aromatic heterocycles. The van der Waals surface area contributed by atoms with Crippen LogP contribution in [-0.2, 0) is 9.53 Å². The number of nitrogens with one attached hydrogen (secondary N) is 1. The Labute approximate surface area is 129 Å². The van der Waals surface area contributed by atoms with Gasteiger partial charge in [-0.2, -0.15) is 0 Å². The van der Waals surface area contributed by atoms with Gasteiger partial charge in [0.2, 0.25) is 0 Å². The van der Waals surface area contributed by atoms with Crippen LogP contribution in [0.15, 0.2) is 30.3 Å². The third kappa shape index (κ3) is 3.19. The molecule has 0 atom stereocenters. The molecule has 0 spiro atoms. The fraction of sp³-hybridized carbons (Fsp3) is 0.294. The molecule has 116 valence electrons. The topological polar surface area (TPSA) is 60.3 Å². The molecule has 0 aliphatic carbocycles. The van der Waals surface area contributed by atoms with E-state index in [-0.39, 0.29) is 12.5 Å². The fourth-order valence-corrected chi connectivity index (χ4v) is 2.41. The summed E-state index contributed by atoms with van der Waals surface area (Å²) < 4.78 is 7.03. The summed E-state index contributed by atoms with van der Waals surface area (Å²) in [6.07, 6.45) is 0. The molecule has 5 nitrogen and oxygen atoms in total. The normalized spacial score (nSPS) is 10.4. The smallest absolute Gasteiger partial charge is 0.340 e. The molecule has 2 rings (SSSR count). The zero-order valence-electron chi connectivity index (χ0n) is 13.3. The van der Waals surface area contributed by atoms with Crippen LogP contribution in [0.1, 0.15) is 27.3 Å². The minimum absolute atomic E-state index is 0.274. The molecule has 1 heterocycles. The lowest BCUT2D eigenvalue weighted by atomic mass is 10.2. The Morgan fingerprint density at radius 2 is 1.91 bits per heavy atom. The first-order valence-electron chi connectivity index (χ1n) is 7.07. The summed E-state index contributed by atoms with van der Waals surface area (Å²) >= 11 is 0. The highest BCUT2D eigenvalue weighted by atomic mass is 16.5. The highest BCUT2D eigenvalue weighted by Gasteiger charge is 2.18. The van der Waals surface area contributed by atoms with Crippen molar-refractivity contribution in [2.75, 3.05) is 13.7 Å². The number of ether oxygens (including phenoxy) is 1. The van der Waals surface area contributed by atoms with Gasteiger partial charge in [0.1, 0.15) is 0 Å². The van der Waals surface area contributed by atoms with Crippen LogP contribution in [0.3, 0.4) is 0 Å². The van der Waals surface area contributed by atoms with Gasteiger partial charge >= 0.3 is 5.97 Å². The van der Waals surface area contributed by atoms with Gasteiger partial charge in [-0.3, -0.25) is 4.79 Å². The van der Waals surface area contributed by atoms with E-state index in [0.717, 1.165) is 22.6 Å². The molecule has 5 heteroatoms. The summed E-state index contributed by atoms with van der Waals surface area (Å²) in [5.74, 6) is -0.823. The van der Waals surface area contributed by atoms with Crippen LogP contribution in [0.5, 0.6) is 0 Å². The molecule has 0 aliphatic rings. The van der Waals surface area contributed by atoms with E-state index in [1.165, 1.54) is 7.05 Å². The second kappa shape index (κ2) is 6.47. The van der Waals surface area contributed by atoms with E-state index >= 15 is 0 Å². The summed E-state index contributed by atoms with van der Waals surface area (Å²) in [4.78, 5) is 23.3.